The van der Waals surface area contributed by atoms with E-state index < -0.39 is 0 Å². The molecule has 3 aromatic rings. The number of fused-ring (bicyclic) bond motifs is 1. The van der Waals surface area contributed by atoms with Gasteiger partial charge in [0, 0.05) is 23.7 Å². The van der Waals surface area contributed by atoms with Crippen LogP contribution in [0.3, 0.4) is 0 Å². The number of methoxy groups -OCH3 is 1. The zero-order valence-electron chi connectivity index (χ0n) is 10.8. The van der Waals surface area contributed by atoms with E-state index >= 15 is 0 Å². The number of para-hydroxylation sites is 2. The van der Waals surface area contributed by atoms with E-state index in [9.17, 15) is 10.1 Å². The number of nitro benzene ring substituents is 1. The van der Waals surface area contributed by atoms with Gasteiger partial charge < -0.3 is 9.30 Å². The third kappa shape index (κ3) is 1.89. The SMILES string of the molecule is COc1ccc2ccn(-c3ccccc3[N+](=O)[O-])c2c1. The van der Waals surface area contributed by atoms with Crippen molar-refractivity contribution in [3.05, 3.63) is 64.8 Å². The molecule has 0 saturated carbocycles. The molecule has 0 aliphatic carbocycles. The van der Waals surface area contributed by atoms with E-state index in [-0.39, 0.29) is 10.6 Å². The highest BCUT2D eigenvalue weighted by molar-refractivity contribution is 5.84. The van der Waals surface area contributed by atoms with Gasteiger partial charge in [-0.3, -0.25) is 10.1 Å². The molecule has 0 saturated heterocycles. The zero-order chi connectivity index (χ0) is 14.1. The third-order valence-corrected chi connectivity index (χ3v) is 3.24. The largest absolute Gasteiger partial charge is 0.497 e. The Kier molecular flexibility index (Phi) is 2.87. The quantitative estimate of drug-likeness (QED) is 0.539. The number of rotatable bonds is 3. The number of ether oxygens (including phenoxy) is 1. The Morgan fingerprint density at radius 3 is 2.70 bits per heavy atom. The van der Waals surface area contributed by atoms with Crippen molar-refractivity contribution in [1.82, 2.24) is 4.57 Å². The van der Waals surface area contributed by atoms with Crippen molar-refractivity contribution in [2.45, 2.75) is 0 Å². The summed E-state index contributed by atoms with van der Waals surface area (Å²) in [5.74, 6) is 0.719. The molecule has 0 aliphatic heterocycles. The fraction of sp³-hybridized carbons (Fsp3) is 0.0667. The van der Waals surface area contributed by atoms with Crippen molar-refractivity contribution >= 4 is 16.6 Å². The summed E-state index contributed by atoms with van der Waals surface area (Å²) >= 11 is 0. The van der Waals surface area contributed by atoms with Crippen molar-refractivity contribution in [2.24, 2.45) is 0 Å². The first-order chi connectivity index (χ1) is 9.70. The Bertz CT molecular complexity index is 793. The lowest BCUT2D eigenvalue weighted by Gasteiger charge is -2.07. The molecule has 1 aromatic heterocycles. The molecule has 0 atom stereocenters. The van der Waals surface area contributed by atoms with Crippen LogP contribution >= 0.6 is 0 Å². The van der Waals surface area contributed by atoms with E-state index in [1.807, 2.05) is 30.5 Å². The molecule has 20 heavy (non-hydrogen) atoms. The molecular formula is C15H12N2O3. The van der Waals surface area contributed by atoms with Gasteiger partial charge in [-0.25, -0.2) is 0 Å². The molecule has 0 amide bonds. The maximum absolute atomic E-state index is 11.1. The number of hydrogen-bond acceptors (Lipinski definition) is 3. The van der Waals surface area contributed by atoms with Crippen LogP contribution in [0.25, 0.3) is 16.6 Å². The van der Waals surface area contributed by atoms with Crippen LogP contribution in [0.1, 0.15) is 0 Å². The predicted octanol–water partition coefficient (Wildman–Crippen LogP) is 3.55. The van der Waals surface area contributed by atoms with Crippen molar-refractivity contribution in [2.75, 3.05) is 7.11 Å². The van der Waals surface area contributed by atoms with Gasteiger partial charge in [-0.2, -0.15) is 0 Å². The Morgan fingerprint density at radius 2 is 1.95 bits per heavy atom. The van der Waals surface area contributed by atoms with Crippen LogP contribution < -0.4 is 4.74 Å². The van der Waals surface area contributed by atoms with Crippen molar-refractivity contribution in [3.8, 4) is 11.4 Å². The van der Waals surface area contributed by atoms with Gasteiger partial charge in [0.05, 0.1) is 17.5 Å². The van der Waals surface area contributed by atoms with E-state index in [1.54, 1.807) is 29.9 Å². The second-order valence-corrected chi connectivity index (χ2v) is 4.36. The molecule has 3 rings (SSSR count). The summed E-state index contributed by atoms with van der Waals surface area (Å²) in [6, 6.07) is 14.3. The Morgan fingerprint density at radius 1 is 1.15 bits per heavy atom. The predicted molar refractivity (Wildman–Crippen MR) is 76.5 cm³/mol. The van der Waals surface area contributed by atoms with Gasteiger partial charge in [-0.05, 0) is 24.3 Å². The van der Waals surface area contributed by atoms with Gasteiger partial charge >= 0.3 is 0 Å². The van der Waals surface area contributed by atoms with E-state index in [4.69, 9.17) is 4.74 Å². The summed E-state index contributed by atoms with van der Waals surface area (Å²) in [5.41, 5.74) is 1.49. The van der Waals surface area contributed by atoms with Crippen LogP contribution in [0.5, 0.6) is 5.75 Å². The van der Waals surface area contributed by atoms with Gasteiger partial charge in [-0.1, -0.05) is 12.1 Å². The van der Waals surface area contributed by atoms with Gasteiger partial charge in [0.25, 0.3) is 5.69 Å². The van der Waals surface area contributed by atoms with Gasteiger partial charge in [0.2, 0.25) is 0 Å². The van der Waals surface area contributed by atoms with E-state index in [1.165, 1.54) is 6.07 Å². The molecule has 0 fully saturated rings. The van der Waals surface area contributed by atoms with Crippen LogP contribution in [0.4, 0.5) is 5.69 Å². The van der Waals surface area contributed by atoms with E-state index in [0.29, 0.717) is 5.69 Å². The molecule has 1 heterocycles. The first-order valence-electron chi connectivity index (χ1n) is 6.09. The lowest BCUT2D eigenvalue weighted by atomic mass is 10.2. The maximum Gasteiger partial charge on any atom is 0.293 e. The fourth-order valence-electron chi connectivity index (χ4n) is 2.27. The minimum absolute atomic E-state index is 0.0767. The molecule has 0 bridgehead atoms. The molecule has 0 radical (unpaired) electrons. The van der Waals surface area contributed by atoms with Crippen molar-refractivity contribution < 1.29 is 9.66 Å². The lowest BCUT2D eigenvalue weighted by Crippen LogP contribution is -1.98. The summed E-state index contributed by atoms with van der Waals surface area (Å²) in [5, 5.41) is 12.1. The first-order valence-corrected chi connectivity index (χ1v) is 6.09. The van der Waals surface area contributed by atoms with Crippen LogP contribution in [-0.2, 0) is 0 Å². The van der Waals surface area contributed by atoms with Crippen LogP contribution in [-0.4, -0.2) is 16.6 Å². The number of benzene rings is 2. The molecule has 100 valence electrons. The van der Waals surface area contributed by atoms with Crippen LogP contribution in [0.2, 0.25) is 0 Å². The highest BCUT2D eigenvalue weighted by Crippen LogP contribution is 2.29. The number of aromatic nitrogens is 1. The van der Waals surface area contributed by atoms with Crippen molar-refractivity contribution in [3.63, 3.8) is 0 Å². The molecule has 0 spiro atoms. The summed E-state index contributed by atoms with van der Waals surface area (Å²) < 4.78 is 7.01. The third-order valence-electron chi connectivity index (χ3n) is 3.24. The minimum Gasteiger partial charge on any atom is -0.497 e. The Labute approximate surface area is 115 Å². The second kappa shape index (κ2) is 4.70. The summed E-state index contributed by atoms with van der Waals surface area (Å²) in [7, 11) is 1.60. The highest BCUT2D eigenvalue weighted by Gasteiger charge is 2.15. The first kappa shape index (κ1) is 12.2. The zero-order valence-corrected chi connectivity index (χ0v) is 10.8. The molecule has 0 N–H and O–H groups in total. The molecular weight excluding hydrogens is 256 g/mol. The van der Waals surface area contributed by atoms with E-state index in [0.717, 1.165) is 16.7 Å². The molecule has 2 aromatic carbocycles. The Balaban J connectivity index is 2.27. The highest BCUT2D eigenvalue weighted by atomic mass is 16.6. The average molecular weight is 268 g/mol. The summed E-state index contributed by atoms with van der Waals surface area (Å²) in [6.45, 7) is 0. The lowest BCUT2D eigenvalue weighted by molar-refractivity contribution is -0.384. The Hall–Kier alpha value is -2.82. The fourth-order valence-corrected chi connectivity index (χ4v) is 2.27. The number of nitro groups is 1. The van der Waals surface area contributed by atoms with Crippen LogP contribution in [0, 0.1) is 10.1 Å². The van der Waals surface area contributed by atoms with E-state index in [2.05, 4.69) is 0 Å². The summed E-state index contributed by atoms with van der Waals surface area (Å²) in [4.78, 5) is 10.8. The molecule has 5 heteroatoms. The normalized spacial score (nSPS) is 10.7. The minimum atomic E-state index is -0.374. The van der Waals surface area contributed by atoms with Gasteiger partial charge in [0.1, 0.15) is 11.4 Å². The monoisotopic (exact) mass is 268 g/mol. The standard InChI is InChI=1S/C15H12N2O3/c1-20-12-7-6-11-8-9-16(15(11)10-12)13-4-2-3-5-14(13)17(18)19/h2-10H,1H3. The molecule has 5 nitrogen and oxygen atoms in total. The average Bonchev–Trinajstić information content (AvgIpc) is 2.89. The smallest absolute Gasteiger partial charge is 0.293 e. The van der Waals surface area contributed by atoms with Gasteiger partial charge in [-0.15, -0.1) is 0 Å². The topological polar surface area (TPSA) is 57.3 Å². The van der Waals surface area contributed by atoms with Crippen LogP contribution in [0.15, 0.2) is 54.7 Å². The second-order valence-electron chi connectivity index (χ2n) is 4.36. The number of hydrogen-bond donors (Lipinski definition) is 0. The summed E-state index contributed by atoms with van der Waals surface area (Å²) in [6.07, 6.45) is 1.83. The van der Waals surface area contributed by atoms with Crippen molar-refractivity contribution in [1.29, 1.82) is 0 Å². The molecule has 0 unspecified atom stereocenters. The molecule has 0 aliphatic rings. The maximum atomic E-state index is 11.1. The van der Waals surface area contributed by atoms with Gasteiger partial charge in [0.15, 0.2) is 0 Å². The number of nitrogens with zero attached hydrogens (tertiary/aromatic N) is 2.